The maximum absolute atomic E-state index is 10.9. The molecule has 0 aliphatic carbocycles. The Labute approximate surface area is 104 Å². The summed E-state index contributed by atoms with van der Waals surface area (Å²) < 4.78 is 5.07. The second-order valence-corrected chi connectivity index (χ2v) is 3.93. The molecule has 0 spiro atoms. The number of benzene rings is 1. The van der Waals surface area contributed by atoms with Crippen LogP contribution in [0.15, 0.2) is 28.8 Å². The highest BCUT2D eigenvalue weighted by molar-refractivity contribution is 5.73. The normalized spacial score (nSPS) is 12.1. The molecule has 0 aliphatic rings. The van der Waals surface area contributed by atoms with E-state index in [0.29, 0.717) is 11.7 Å². The fourth-order valence-corrected chi connectivity index (χ4v) is 1.51. The molecule has 1 unspecified atom stereocenters. The molecule has 1 atom stereocenters. The van der Waals surface area contributed by atoms with Crippen LogP contribution in [0.25, 0.3) is 11.4 Å². The topological polar surface area (TPSA) is 88.2 Å². The number of rotatable bonds is 3. The third-order valence-corrected chi connectivity index (χ3v) is 2.36. The van der Waals surface area contributed by atoms with Gasteiger partial charge in [-0.3, -0.25) is 4.79 Å². The van der Waals surface area contributed by atoms with Gasteiger partial charge in [0.2, 0.25) is 17.6 Å². The Morgan fingerprint density at radius 2 is 2.06 bits per heavy atom. The number of carbonyl (C=O) groups is 1. The Bertz CT molecular complexity index is 548. The van der Waals surface area contributed by atoms with Gasteiger partial charge in [-0.15, -0.1) is 0 Å². The molecule has 0 aliphatic heterocycles. The molecule has 1 heterocycles. The average molecular weight is 247 g/mol. The molecular formula is C12H13N3O3. The van der Waals surface area contributed by atoms with Gasteiger partial charge in [0.15, 0.2) is 0 Å². The average Bonchev–Trinajstić information content (AvgIpc) is 2.78. The minimum atomic E-state index is -0.333. The zero-order valence-corrected chi connectivity index (χ0v) is 10.0. The summed E-state index contributed by atoms with van der Waals surface area (Å²) >= 11 is 0. The van der Waals surface area contributed by atoms with Crippen LogP contribution in [0.4, 0.5) is 0 Å². The molecule has 94 valence electrons. The van der Waals surface area contributed by atoms with E-state index in [0.717, 1.165) is 5.56 Å². The van der Waals surface area contributed by atoms with Crippen LogP contribution in [0.5, 0.6) is 5.75 Å². The Morgan fingerprint density at radius 1 is 1.39 bits per heavy atom. The first-order valence-corrected chi connectivity index (χ1v) is 5.46. The van der Waals surface area contributed by atoms with Crippen molar-refractivity contribution in [3.63, 3.8) is 0 Å². The predicted molar refractivity (Wildman–Crippen MR) is 63.6 cm³/mol. The van der Waals surface area contributed by atoms with Crippen LogP contribution < -0.4 is 5.32 Å². The summed E-state index contributed by atoms with van der Waals surface area (Å²) in [6.07, 6.45) is 0. The van der Waals surface area contributed by atoms with Crippen molar-refractivity contribution in [2.75, 3.05) is 0 Å². The maximum Gasteiger partial charge on any atom is 0.249 e. The van der Waals surface area contributed by atoms with E-state index in [1.54, 1.807) is 31.2 Å². The number of nitrogens with one attached hydrogen (secondary N) is 1. The third kappa shape index (κ3) is 2.65. The first-order valence-electron chi connectivity index (χ1n) is 5.46. The summed E-state index contributed by atoms with van der Waals surface area (Å²) in [5, 5.41) is 15.7. The van der Waals surface area contributed by atoms with Gasteiger partial charge in [-0.2, -0.15) is 4.98 Å². The SMILES string of the molecule is CC(=O)NC(C)c1nc(-c2ccc(O)cc2)no1. The zero-order valence-electron chi connectivity index (χ0n) is 10.0. The van der Waals surface area contributed by atoms with Gasteiger partial charge in [0.25, 0.3) is 0 Å². The number of phenolic OH excluding ortho intramolecular Hbond substituents is 1. The lowest BCUT2D eigenvalue weighted by atomic mass is 10.2. The van der Waals surface area contributed by atoms with Gasteiger partial charge in [0.1, 0.15) is 11.8 Å². The molecule has 0 saturated heterocycles. The van der Waals surface area contributed by atoms with E-state index < -0.39 is 0 Å². The fourth-order valence-electron chi connectivity index (χ4n) is 1.51. The second-order valence-electron chi connectivity index (χ2n) is 3.93. The number of hydrogen-bond acceptors (Lipinski definition) is 5. The van der Waals surface area contributed by atoms with Crippen molar-refractivity contribution >= 4 is 5.91 Å². The van der Waals surface area contributed by atoms with Gasteiger partial charge in [0.05, 0.1) is 0 Å². The largest absolute Gasteiger partial charge is 0.508 e. The fraction of sp³-hybridized carbons (Fsp3) is 0.250. The predicted octanol–water partition coefficient (Wildman–Crippen LogP) is 1.64. The van der Waals surface area contributed by atoms with E-state index in [9.17, 15) is 9.90 Å². The summed E-state index contributed by atoms with van der Waals surface area (Å²) in [5.41, 5.74) is 0.734. The molecule has 2 N–H and O–H groups in total. The van der Waals surface area contributed by atoms with Crippen molar-refractivity contribution in [3.8, 4) is 17.1 Å². The number of aromatic nitrogens is 2. The smallest absolute Gasteiger partial charge is 0.249 e. The Balaban J connectivity index is 2.19. The minimum absolute atomic E-state index is 0.160. The monoisotopic (exact) mass is 247 g/mol. The molecule has 6 nitrogen and oxygen atoms in total. The van der Waals surface area contributed by atoms with Crippen LogP contribution in [0.1, 0.15) is 25.8 Å². The van der Waals surface area contributed by atoms with Crippen LogP contribution in [0, 0.1) is 0 Å². The van der Waals surface area contributed by atoms with Crippen molar-refractivity contribution in [1.82, 2.24) is 15.5 Å². The first-order chi connectivity index (χ1) is 8.56. The highest BCUT2D eigenvalue weighted by Crippen LogP contribution is 2.20. The van der Waals surface area contributed by atoms with Gasteiger partial charge in [-0.25, -0.2) is 0 Å². The van der Waals surface area contributed by atoms with Crippen molar-refractivity contribution in [2.24, 2.45) is 0 Å². The van der Waals surface area contributed by atoms with Crippen LogP contribution in [-0.4, -0.2) is 21.2 Å². The van der Waals surface area contributed by atoms with Crippen LogP contribution >= 0.6 is 0 Å². The van der Waals surface area contributed by atoms with E-state index in [4.69, 9.17) is 4.52 Å². The lowest BCUT2D eigenvalue weighted by Gasteiger charge is -2.05. The van der Waals surface area contributed by atoms with Crippen molar-refractivity contribution in [1.29, 1.82) is 0 Å². The number of nitrogens with zero attached hydrogens (tertiary/aromatic N) is 2. The minimum Gasteiger partial charge on any atom is -0.508 e. The van der Waals surface area contributed by atoms with E-state index in [1.165, 1.54) is 6.92 Å². The molecule has 2 aromatic rings. The summed E-state index contributed by atoms with van der Waals surface area (Å²) in [7, 11) is 0. The summed E-state index contributed by atoms with van der Waals surface area (Å²) in [6, 6.07) is 6.13. The number of aromatic hydroxyl groups is 1. The Hall–Kier alpha value is -2.37. The molecule has 18 heavy (non-hydrogen) atoms. The standard InChI is InChI=1S/C12H13N3O3/c1-7(13-8(2)16)12-14-11(15-18-12)9-3-5-10(17)6-4-9/h3-7,17H,1-2H3,(H,13,16). The maximum atomic E-state index is 10.9. The lowest BCUT2D eigenvalue weighted by Crippen LogP contribution is -2.23. The van der Waals surface area contributed by atoms with Crippen LogP contribution in [0.3, 0.4) is 0 Å². The van der Waals surface area contributed by atoms with Gasteiger partial charge >= 0.3 is 0 Å². The number of phenols is 1. The number of hydrogen-bond donors (Lipinski definition) is 2. The summed E-state index contributed by atoms with van der Waals surface area (Å²) in [4.78, 5) is 15.1. The quantitative estimate of drug-likeness (QED) is 0.860. The van der Waals surface area contributed by atoms with E-state index in [2.05, 4.69) is 15.5 Å². The van der Waals surface area contributed by atoms with Gasteiger partial charge < -0.3 is 14.9 Å². The van der Waals surface area contributed by atoms with Gasteiger partial charge in [0, 0.05) is 12.5 Å². The molecule has 0 saturated carbocycles. The van der Waals surface area contributed by atoms with Gasteiger partial charge in [-0.05, 0) is 31.2 Å². The Kier molecular flexibility index (Phi) is 3.27. The van der Waals surface area contributed by atoms with Crippen molar-refractivity contribution < 1.29 is 14.4 Å². The van der Waals surface area contributed by atoms with Crippen LogP contribution in [-0.2, 0) is 4.79 Å². The molecular weight excluding hydrogens is 234 g/mol. The summed E-state index contributed by atoms with van der Waals surface area (Å²) in [5.74, 6) is 0.774. The number of carbonyl (C=O) groups excluding carboxylic acids is 1. The Morgan fingerprint density at radius 3 is 2.67 bits per heavy atom. The van der Waals surface area contributed by atoms with Crippen molar-refractivity contribution in [3.05, 3.63) is 30.2 Å². The molecule has 1 aromatic heterocycles. The zero-order chi connectivity index (χ0) is 13.1. The highest BCUT2D eigenvalue weighted by atomic mass is 16.5. The number of amides is 1. The molecule has 1 amide bonds. The van der Waals surface area contributed by atoms with Gasteiger partial charge in [-0.1, -0.05) is 5.16 Å². The molecule has 2 rings (SSSR count). The van der Waals surface area contributed by atoms with Crippen molar-refractivity contribution in [2.45, 2.75) is 19.9 Å². The van der Waals surface area contributed by atoms with Crippen LogP contribution in [0.2, 0.25) is 0 Å². The highest BCUT2D eigenvalue weighted by Gasteiger charge is 2.15. The third-order valence-electron chi connectivity index (χ3n) is 2.36. The summed E-state index contributed by atoms with van der Waals surface area (Å²) in [6.45, 7) is 3.18. The first kappa shape index (κ1) is 12.1. The molecule has 0 fully saturated rings. The molecule has 0 radical (unpaired) electrons. The lowest BCUT2D eigenvalue weighted by molar-refractivity contribution is -0.119. The molecule has 6 heteroatoms. The van der Waals surface area contributed by atoms with E-state index in [-0.39, 0.29) is 17.7 Å². The van der Waals surface area contributed by atoms with E-state index >= 15 is 0 Å². The second kappa shape index (κ2) is 4.87. The molecule has 0 bridgehead atoms. The van der Waals surface area contributed by atoms with E-state index in [1.807, 2.05) is 0 Å². The molecule has 1 aromatic carbocycles.